The fraction of sp³-hybridized carbons (Fsp3) is 0.464. The maximum Gasteiger partial charge on any atom is 0.242 e. The molecule has 1 heterocycles. The summed E-state index contributed by atoms with van der Waals surface area (Å²) in [5.41, 5.74) is 1.76. The number of ether oxygens (including phenoxy) is 2. The monoisotopic (exact) mass is 447 g/mol. The minimum Gasteiger partial charge on any atom is -0.493 e. The van der Waals surface area contributed by atoms with Gasteiger partial charge >= 0.3 is 0 Å². The Morgan fingerprint density at radius 3 is 2.39 bits per heavy atom. The summed E-state index contributed by atoms with van der Waals surface area (Å²) in [6.45, 7) is 3.39. The molecule has 0 spiro atoms. The first-order chi connectivity index (χ1) is 15.9. The molecule has 5 heteroatoms. The van der Waals surface area contributed by atoms with Crippen molar-refractivity contribution >= 4 is 5.91 Å². The first kappa shape index (κ1) is 23.2. The van der Waals surface area contributed by atoms with Gasteiger partial charge in [-0.3, -0.25) is 4.79 Å². The Labute approximate surface area is 197 Å². The average Bonchev–Trinajstić information content (AvgIpc) is 3.33. The molecule has 1 aliphatic heterocycles. The number of likely N-dealkylation sites (N-methyl/N-ethyl adjacent to an activating group) is 1. The lowest BCUT2D eigenvalue weighted by atomic mass is 9.96. The van der Waals surface area contributed by atoms with Gasteiger partial charge in [-0.2, -0.15) is 0 Å². The van der Waals surface area contributed by atoms with Gasteiger partial charge in [0.1, 0.15) is 5.92 Å². The summed E-state index contributed by atoms with van der Waals surface area (Å²) >= 11 is 0. The van der Waals surface area contributed by atoms with Crippen LogP contribution >= 0.6 is 0 Å². The summed E-state index contributed by atoms with van der Waals surface area (Å²) in [5.74, 6) is 7.44. The molecule has 2 aromatic rings. The standard InChI is InChI=1S/C28H35N2O3/c1-30(2)19-17-29(18-20-30)28(31)25(15-13-22-9-5-4-6-10-22)23-14-16-26(32-3)27(21-23)33-24-11-7-8-12-24/h4-6,9-10,14,16,21,24-25H,7-8,11-12,17-20H2,1-3H3/q+1. The van der Waals surface area contributed by atoms with Gasteiger partial charge in [0, 0.05) is 5.56 Å². The van der Waals surface area contributed by atoms with Crippen molar-refractivity contribution in [1.82, 2.24) is 4.90 Å². The maximum atomic E-state index is 13.7. The lowest BCUT2D eigenvalue weighted by molar-refractivity contribution is -0.894. The minimum absolute atomic E-state index is 0.0649. The van der Waals surface area contributed by atoms with E-state index >= 15 is 0 Å². The summed E-state index contributed by atoms with van der Waals surface area (Å²) in [6.07, 6.45) is 4.72. The number of quaternary nitrogens is 1. The van der Waals surface area contributed by atoms with E-state index in [1.54, 1.807) is 7.11 Å². The van der Waals surface area contributed by atoms with Crippen molar-refractivity contribution in [2.24, 2.45) is 0 Å². The third-order valence-electron chi connectivity index (χ3n) is 6.76. The smallest absolute Gasteiger partial charge is 0.242 e. The molecule has 0 N–H and O–H groups in total. The number of carbonyl (C=O) groups excluding carboxylic acids is 1. The van der Waals surface area contributed by atoms with Crippen LogP contribution in [0.4, 0.5) is 0 Å². The molecule has 1 unspecified atom stereocenters. The van der Waals surface area contributed by atoms with Crippen LogP contribution in [0.5, 0.6) is 11.5 Å². The van der Waals surface area contributed by atoms with Crippen molar-refractivity contribution in [1.29, 1.82) is 0 Å². The Morgan fingerprint density at radius 2 is 1.73 bits per heavy atom. The lowest BCUT2D eigenvalue weighted by Crippen LogP contribution is -2.56. The normalized spacial score (nSPS) is 18.8. The summed E-state index contributed by atoms with van der Waals surface area (Å²) < 4.78 is 12.8. The van der Waals surface area contributed by atoms with Crippen molar-refractivity contribution in [3.63, 3.8) is 0 Å². The first-order valence-electron chi connectivity index (χ1n) is 12.0. The number of hydrogen-bond donors (Lipinski definition) is 0. The maximum absolute atomic E-state index is 13.7. The van der Waals surface area contributed by atoms with E-state index in [0.29, 0.717) is 11.5 Å². The molecule has 2 fully saturated rings. The second-order valence-electron chi connectivity index (χ2n) is 9.71. The van der Waals surface area contributed by atoms with E-state index < -0.39 is 5.92 Å². The van der Waals surface area contributed by atoms with E-state index in [1.165, 1.54) is 12.8 Å². The molecule has 0 aromatic heterocycles. The molecule has 1 amide bonds. The van der Waals surface area contributed by atoms with Crippen LogP contribution < -0.4 is 9.47 Å². The van der Waals surface area contributed by atoms with Gasteiger partial charge in [-0.25, -0.2) is 0 Å². The van der Waals surface area contributed by atoms with Crippen LogP contribution in [-0.4, -0.2) is 68.8 Å². The fourth-order valence-corrected chi connectivity index (χ4v) is 4.52. The molecule has 33 heavy (non-hydrogen) atoms. The topological polar surface area (TPSA) is 38.8 Å². The second kappa shape index (κ2) is 10.3. The van der Waals surface area contributed by atoms with Gasteiger partial charge in [-0.15, -0.1) is 0 Å². The predicted octanol–water partition coefficient (Wildman–Crippen LogP) is 4.07. The van der Waals surface area contributed by atoms with Gasteiger partial charge in [0.05, 0.1) is 53.5 Å². The van der Waals surface area contributed by atoms with Gasteiger partial charge in [-0.05, 0) is 55.5 Å². The van der Waals surface area contributed by atoms with Crippen LogP contribution in [0.2, 0.25) is 0 Å². The molecule has 2 aromatic carbocycles. The quantitative estimate of drug-likeness (QED) is 0.512. The Hall–Kier alpha value is -2.97. The van der Waals surface area contributed by atoms with Gasteiger partial charge in [-0.1, -0.05) is 36.1 Å². The molecular formula is C28H35N2O3+. The SMILES string of the molecule is COc1ccc(C(C#Cc2ccccc2)C(=O)N2CC[N+](C)(C)CC2)cc1OC1CCCC1. The highest BCUT2D eigenvalue weighted by molar-refractivity contribution is 5.87. The fourth-order valence-electron chi connectivity index (χ4n) is 4.52. The van der Waals surface area contributed by atoms with Crippen LogP contribution in [-0.2, 0) is 4.79 Å². The second-order valence-corrected chi connectivity index (χ2v) is 9.71. The zero-order chi connectivity index (χ0) is 23.3. The molecule has 0 bridgehead atoms. The number of carbonyl (C=O) groups is 1. The molecule has 4 rings (SSSR count). The number of benzene rings is 2. The molecule has 1 saturated heterocycles. The predicted molar refractivity (Wildman–Crippen MR) is 130 cm³/mol. The van der Waals surface area contributed by atoms with Crippen molar-refractivity contribution in [3.05, 3.63) is 59.7 Å². The lowest BCUT2D eigenvalue weighted by Gasteiger charge is -2.39. The Morgan fingerprint density at radius 1 is 1.03 bits per heavy atom. The summed E-state index contributed by atoms with van der Waals surface area (Å²) in [6, 6.07) is 15.7. The van der Waals surface area contributed by atoms with E-state index in [9.17, 15) is 4.79 Å². The molecule has 1 aliphatic carbocycles. The number of methoxy groups -OCH3 is 1. The van der Waals surface area contributed by atoms with Crippen LogP contribution in [0.1, 0.15) is 42.7 Å². The van der Waals surface area contributed by atoms with Crippen molar-refractivity contribution < 1.29 is 18.8 Å². The number of nitrogens with zero attached hydrogens (tertiary/aromatic N) is 2. The Balaban J connectivity index is 1.65. The minimum atomic E-state index is -0.546. The molecule has 0 radical (unpaired) electrons. The number of rotatable bonds is 5. The number of amides is 1. The first-order valence-corrected chi connectivity index (χ1v) is 12.0. The summed E-state index contributed by atoms with van der Waals surface area (Å²) in [5, 5.41) is 0. The molecular weight excluding hydrogens is 412 g/mol. The third-order valence-corrected chi connectivity index (χ3v) is 6.76. The van der Waals surface area contributed by atoms with Crippen LogP contribution in [0.15, 0.2) is 48.5 Å². The average molecular weight is 448 g/mol. The highest BCUT2D eigenvalue weighted by Crippen LogP contribution is 2.35. The summed E-state index contributed by atoms with van der Waals surface area (Å²) in [4.78, 5) is 15.7. The van der Waals surface area contributed by atoms with E-state index in [1.807, 2.05) is 53.4 Å². The van der Waals surface area contributed by atoms with E-state index in [0.717, 1.165) is 54.6 Å². The van der Waals surface area contributed by atoms with E-state index in [2.05, 4.69) is 25.9 Å². The highest BCUT2D eigenvalue weighted by atomic mass is 16.5. The van der Waals surface area contributed by atoms with Crippen molar-refractivity contribution in [2.75, 3.05) is 47.4 Å². The zero-order valence-electron chi connectivity index (χ0n) is 20.0. The van der Waals surface area contributed by atoms with Gasteiger partial charge < -0.3 is 18.9 Å². The van der Waals surface area contributed by atoms with Gasteiger partial charge in [0.2, 0.25) is 5.91 Å². The third kappa shape index (κ3) is 5.89. The van der Waals surface area contributed by atoms with Gasteiger partial charge in [0.15, 0.2) is 11.5 Å². The zero-order valence-corrected chi connectivity index (χ0v) is 20.0. The Kier molecular flexibility index (Phi) is 7.25. The van der Waals surface area contributed by atoms with E-state index in [4.69, 9.17) is 9.47 Å². The molecule has 1 saturated carbocycles. The van der Waals surface area contributed by atoms with Crippen molar-refractivity contribution in [3.8, 4) is 23.3 Å². The highest BCUT2D eigenvalue weighted by Gasteiger charge is 2.32. The Bertz CT molecular complexity index is 1010. The van der Waals surface area contributed by atoms with Crippen LogP contribution in [0.3, 0.4) is 0 Å². The van der Waals surface area contributed by atoms with E-state index in [-0.39, 0.29) is 12.0 Å². The molecule has 5 nitrogen and oxygen atoms in total. The summed E-state index contributed by atoms with van der Waals surface area (Å²) in [7, 11) is 6.08. The molecule has 1 atom stereocenters. The molecule has 174 valence electrons. The van der Waals surface area contributed by atoms with Crippen LogP contribution in [0.25, 0.3) is 0 Å². The number of hydrogen-bond acceptors (Lipinski definition) is 3. The largest absolute Gasteiger partial charge is 0.493 e. The molecule has 2 aliphatic rings. The van der Waals surface area contributed by atoms with Gasteiger partial charge in [0.25, 0.3) is 0 Å². The van der Waals surface area contributed by atoms with Crippen molar-refractivity contribution in [2.45, 2.75) is 37.7 Å². The van der Waals surface area contributed by atoms with Crippen LogP contribution in [0, 0.1) is 11.8 Å². The number of piperazine rings is 1.